The number of anilines is 2. The largest absolute Gasteiger partial charge is 0.476 e. The summed E-state index contributed by atoms with van der Waals surface area (Å²) in [5, 5.41) is 10.1. The van der Waals surface area contributed by atoms with Crippen LogP contribution in [0.15, 0.2) is 18.3 Å². The van der Waals surface area contributed by atoms with Gasteiger partial charge in [0, 0.05) is 17.8 Å². The molecule has 6 heteroatoms. The molecule has 2 heterocycles. The minimum Gasteiger partial charge on any atom is -0.476 e. The summed E-state index contributed by atoms with van der Waals surface area (Å²) in [4.78, 5) is 4.38. The number of hydrogen-bond donors (Lipinski definition) is 3. The number of rotatable bonds is 6. The van der Waals surface area contributed by atoms with Crippen molar-refractivity contribution < 1.29 is 4.74 Å². The standard InChI is InChI=1S/C14H21N5O/c1-9(2)8-20-14-12(15)4-5-13(18-14)16-6-11-7-17-19-10(11)3/h4-5,7,9H,6,8,15H2,1-3H3,(H,16,18)(H,17,19). The Kier molecular flexibility index (Phi) is 4.45. The van der Waals surface area contributed by atoms with E-state index in [1.807, 2.05) is 13.0 Å². The Morgan fingerprint density at radius 2 is 2.20 bits per heavy atom. The highest BCUT2D eigenvalue weighted by Crippen LogP contribution is 2.21. The lowest BCUT2D eigenvalue weighted by Gasteiger charge is -2.12. The van der Waals surface area contributed by atoms with E-state index in [0.717, 1.165) is 17.1 Å². The molecule has 4 N–H and O–H groups in total. The van der Waals surface area contributed by atoms with Crippen molar-refractivity contribution in [2.75, 3.05) is 17.7 Å². The summed E-state index contributed by atoms with van der Waals surface area (Å²) in [6, 6.07) is 3.64. The van der Waals surface area contributed by atoms with Crippen LogP contribution in [0.5, 0.6) is 5.88 Å². The molecule has 0 aliphatic heterocycles. The van der Waals surface area contributed by atoms with Crippen molar-refractivity contribution in [1.82, 2.24) is 15.2 Å². The van der Waals surface area contributed by atoms with Gasteiger partial charge in [0.15, 0.2) is 0 Å². The maximum atomic E-state index is 5.86. The van der Waals surface area contributed by atoms with E-state index in [2.05, 4.69) is 34.3 Å². The maximum absolute atomic E-state index is 5.86. The average Bonchev–Trinajstić information content (AvgIpc) is 2.81. The molecular formula is C14H21N5O. The number of aromatic nitrogens is 3. The number of hydrogen-bond acceptors (Lipinski definition) is 5. The molecule has 0 fully saturated rings. The number of nitrogens with two attached hydrogens (primary N) is 1. The number of nitrogens with one attached hydrogen (secondary N) is 2. The molecule has 2 aromatic heterocycles. The van der Waals surface area contributed by atoms with Crippen molar-refractivity contribution in [3.63, 3.8) is 0 Å². The number of nitrogen functional groups attached to an aromatic ring is 1. The summed E-state index contributed by atoms with van der Waals surface area (Å²) in [6.07, 6.45) is 1.80. The second kappa shape index (κ2) is 6.27. The van der Waals surface area contributed by atoms with Crippen LogP contribution in [0, 0.1) is 12.8 Å². The highest BCUT2D eigenvalue weighted by molar-refractivity contribution is 5.53. The number of pyridine rings is 1. The first-order valence-electron chi connectivity index (χ1n) is 6.68. The fourth-order valence-electron chi connectivity index (χ4n) is 1.65. The predicted octanol–water partition coefficient (Wildman–Crippen LogP) is 2.34. The van der Waals surface area contributed by atoms with Crippen molar-refractivity contribution in [2.24, 2.45) is 5.92 Å². The molecule has 0 bridgehead atoms. The number of nitrogens with zero attached hydrogens (tertiary/aromatic N) is 2. The lowest BCUT2D eigenvalue weighted by atomic mass is 10.2. The molecule has 0 unspecified atom stereocenters. The van der Waals surface area contributed by atoms with Crippen molar-refractivity contribution in [1.29, 1.82) is 0 Å². The zero-order valence-electron chi connectivity index (χ0n) is 12.1. The summed E-state index contributed by atoms with van der Waals surface area (Å²) in [6.45, 7) is 7.40. The Bertz CT molecular complexity index is 564. The molecular weight excluding hydrogens is 254 g/mol. The van der Waals surface area contributed by atoms with Crippen molar-refractivity contribution in [3.05, 3.63) is 29.6 Å². The molecule has 2 aromatic rings. The van der Waals surface area contributed by atoms with Crippen LogP contribution < -0.4 is 15.8 Å². The first-order chi connectivity index (χ1) is 9.56. The first kappa shape index (κ1) is 14.2. The van der Waals surface area contributed by atoms with Gasteiger partial charge in [-0.05, 0) is 25.0 Å². The molecule has 0 saturated heterocycles. The van der Waals surface area contributed by atoms with E-state index < -0.39 is 0 Å². The van der Waals surface area contributed by atoms with Gasteiger partial charge in [0.25, 0.3) is 0 Å². The molecule has 0 atom stereocenters. The molecule has 0 aromatic carbocycles. The molecule has 20 heavy (non-hydrogen) atoms. The lowest BCUT2D eigenvalue weighted by Crippen LogP contribution is -2.09. The second-order valence-electron chi connectivity index (χ2n) is 5.17. The Morgan fingerprint density at radius 1 is 1.40 bits per heavy atom. The molecule has 0 saturated carbocycles. The van der Waals surface area contributed by atoms with Crippen LogP contribution in [0.1, 0.15) is 25.1 Å². The third-order valence-electron chi connectivity index (χ3n) is 2.84. The van der Waals surface area contributed by atoms with E-state index in [-0.39, 0.29) is 0 Å². The fourth-order valence-corrected chi connectivity index (χ4v) is 1.65. The lowest BCUT2D eigenvalue weighted by molar-refractivity contribution is 0.263. The Hall–Kier alpha value is -2.24. The van der Waals surface area contributed by atoms with Gasteiger partial charge < -0.3 is 15.8 Å². The minimum absolute atomic E-state index is 0.432. The summed E-state index contributed by atoms with van der Waals surface area (Å²) < 4.78 is 5.61. The van der Waals surface area contributed by atoms with Crippen molar-refractivity contribution in [3.8, 4) is 5.88 Å². The average molecular weight is 275 g/mol. The van der Waals surface area contributed by atoms with Gasteiger partial charge in [-0.3, -0.25) is 5.10 Å². The highest BCUT2D eigenvalue weighted by atomic mass is 16.5. The number of ether oxygens (including phenoxy) is 1. The topological polar surface area (TPSA) is 88.9 Å². The van der Waals surface area contributed by atoms with E-state index >= 15 is 0 Å². The van der Waals surface area contributed by atoms with E-state index in [9.17, 15) is 0 Å². The van der Waals surface area contributed by atoms with Crippen molar-refractivity contribution >= 4 is 11.5 Å². The van der Waals surface area contributed by atoms with Gasteiger partial charge in [-0.2, -0.15) is 10.1 Å². The molecule has 0 amide bonds. The fraction of sp³-hybridized carbons (Fsp3) is 0.429. The monoisotopic (exact) mass is 275 g/mol. The van der Waals surface area contributed by atoms with Gasteiger partial charge in [0.1, 0.15) is 5.82 Å². The molecule has 108 valence electrons. The molecule has 2 rings (SSSR count). The van der Waals surface area contributed by atoms with Gasteiger partial charge in [0.05, 0.1) is 18.5 Å². The summed E-state index contributed by atoms with van der Waals surface area (Å²) in [7, 11) is 0. The SMILES string of the molecule is Cc1[nH]ncc1CNc1ccc(N)c(OCC(C)C)n1. The second-order valence-corrected chi connectivity index (χ2v) is 5.17. The van der Waals surface area contributed by atoms with Gasteiger partial charge in [-0.25, -0.2) is 0 Å². The van der Waals surface area contributed by atoms with Gasteiger partial charge in [0.2, 0.25) is 5.88 Å². The number of H-pyrrole nitrogens is 1. The third-order valence-corrected chi connectivity index (χ3v) is 2.84. The highest BCUT2D eigenvalue weighted by Gasteiger charge is 2.06. The molecule has 6 nitrogen and oxygen atoms in total. The number of aromatic amines is 1. The molecule has 0 spiro atoms. The smallest absolute Gasteiger partial charge is 0.239 e. The van der Waals surface area contributed by atoms with E-state index in [0.29, 0.717) is 30.6 Å². The number of aryl methyl sites for hydroxylation is 1. The Morgan fingerprint density at radius 3 is 2.85 bits per heavy atom. The van der Waals surface area contributed by atoms with Gasteiger partial charge in [-0.1, -0.05) is 13.8 Å². The first-order valence-corrected chi connectivity index (χ1v) is 6.68. The van der Waals surface area contributed by atoms with Crippen molar-refractivity contribution in [2.45, 2.75) is 27.3 Å². The van der Waals surface area contributed by atoms with E-state index in [4.69, 9.17) is 10.5 Å². The maximum Gasteiger partial charge on any atom is 0.239 e. The van der Waals surface area contributed by atoms with Crippen LogP contribution in [0.2, 0.25) is 0 Å². The Balaban J connectivity index is 2.01. The summed E-state index contributed by atoms with van der Waals surface area (Å²) >= 11 is 0. The normalized spacial score (nSPS) is 10.8. The third kappa shape index (κ3) is 3.63. The van der Waals surface area contributed by atoms with Crippen LogP contribution in [0.4, 0.5) is 11.5 Å². The van der Waals surface area contributed by atoms with Crippen LogP contribution in [-0.2, 0) is 6.54 Å². The molecule has 0 aliphatic carbocycles. The van der Waals surface area contributed by atoms with Crippen LogP contribution >= 0.6 is 0 Å². The molecule has 0 aliphatic rings. The Labute approximate surface area is 118 Å². The zero-order chi connectivity index (χ0) is 14.5. The quantitative estimate of drug-likeness (QED) is 0.753. The van der Waals surface area contributed by atoms with E-state index in [1.54, 1.807) is 12.3 Å². The summed E-state index contributed by atoms with van der Waals surface area (Å²) in [5.74, 6) is 1.65. The van der Waals surface area contributed by atoms with E-state index in [1.165, 1.54) is 0 Å². The van der Waals surface area contributed by atoms with Crippen LogP contribution in [-0.4, -0.2) is 21.8 Å². The minimum atomic E-state index is 0.432. The van der Waals surface area contributed by atoms with Crippen LogP contribution in [0.25, 0.3) is 0 Å². The zero-order valence-corrected chi connectivity index (χ0v) is 12.1. The van der Waals surface area contributed by atoms with Crippen LogP contribution in [0.3, 0.4) is 0 Å². The van der Waals surface area contributed by atoms with Gasteiger partial charge in [-0.15, -0.1) is 0 Å². The summed E-state index contributed by atoms with van der Waals surface area (Å²) in [5.41, 5.74) is 8.56. The predicted molar refractivity (Wildman–Crippen MR) is 79.6 cm³/mol. The van der Waals surface area contributed by atoms with Gasteiger partial charge >= 0.3 is 0 Å². The molecule has 0 radical (unpaired) electrons.